The summed E-state index contributed by atoms with van der Waals surface area (Å²) in [7, 11) is 1.41. The van der Waals surface area contributed by atoms with Crippen LogP contribution < -0.4 is 4.90 Å². The molecule has 0 saturated heterocycles. The summed E-state index contributed by atoms with van der Waals surface area (Å²) in [5.41, 5.74) is 2.24. The van der Waals surface area contributed by atoms with E-state index in [1.807, 2.05) is 24.3 Å². The second kappa shape index (κ2) is 6.12. The first-order chi connectivity index (χ1) is 10.2. The van der Waals surface area contributed by atoms with E-state index in [4.69, 9.17) is 4.74 Å². The molecule has 0 fully saturated rings. The molecule has 108 valence electrons. The van der Waals surface area contributed by atoms with E-state index in [-0.39, 0.29) is 10.8 Å². The summed E-state index contributed by atoms with van der Waals surface area (Å²) in [6.07, 6.45) is 0. The van der Waals surface area contributed by atoms with Crippen molar-refractivity contribution in [1.29, 1.82) is 0 Å². The molecule has 0 radical (unpaired) electrons. The minimum atomic E-state index is -0.369. The van der Waals surface area contributed by atoms with Gasteiger partial charge in [-0.1, -0.05) is 52.0 Å². The lowest BCUT2D eigenvalue weighted by molar-refractivity contribution is -0.139. The number of nitrogens with zero attached hydrogens (tertiary/aromatic N) is 1. The van der Waals surface area contributed by atoms with Crippen molar-refractivity contribution >= 4 is 45.0 Å². The first-order valence-electron chi connectivity index (χ1n) is 6.56. The van der Waals surface area contributed by atoms with Crippen LogP contribution in [0.15, 0.2) is 58.3 Å². The summed E-state index contributed by atoms with van der Waals surface area (Å²) in [5.74, 6) is -0.261. The minimum absolute atomic E-state index is 0.261. The molecule has 2 aromatic rings. The van der Waals surface area contributed by atoms with Gasteiger partial charge in [0.15, 0.2) is 0 Å². The Morgan fingerprint density at radius 2 is 1.67 bits per heavy atom. The maximum atomic E-state index is 11.7. The van der Waals surface area contributed by atoms with Gasteiger partial charge in [-0.15, -0.1) is 0 Å². The largest absolute Gasteiger partial charge is 0.468 e. The topological polar surface area (TPSA) is 29.5 Å². The van der Waals surface area contributed by atoms with E-state index in [1.54, 1.807) is 11.8 Å². The fraction of sp³-hybridized carbons (Fsp3) is 0.188. The first kappa shape index (κ1) is 14.5. The number of carbonyl (C=O) groups excluding carboxylic acids is 1. The van der Waals surface area contributed by atoms with Gasteiger partial charge in [0.25, 0.3) is 0 Å². The van der Waals surface area contributed by atoms with Crippen LogP contribution in [0, 0.1) is 0 Å². The summed E-state index contributed by atoms with van der Waals surface area (Å²) in [6, 6.07) is 16.5. The number of para-hydroxylation sites is 2. The van der Waals surface area contributed by atoms with Crippen molar-refractivity contribution in [2.24, 2.45) is 0 Å². The highest BCUT2D eigenvalue weighted by atomic mass is 79.9. The molecule has 3 nitrogen and oxygen atoms in total. The molecule has 0 N–H and O–H groups in total. The van der Waals surface area contributed by atoms with Crippen LogP contribution in [0.2, 0.25) is 0 Å². The quantitative estimate of drug-likeness (QED) is 0.602. The highest BCUT2D eigenvalue weighted by Crippen LogP contribution is 2.47. The third kappa shape index (κ3) is 2.80. The van der Waals surface area contributed by atoms with Crippen LogP contribution in [0.3, 0.4) is 0 Å². The molecule has 5 heteroatoms. The van der Waals surface area contributed by atoms with E-state index in [0.717, 1.165) is 11.4 Å². The lowest BCUT2D eigenvalue weighted by Crippen LogP contribution is -2.32. The molecule has 2 aromatic carbocycles. The van der Waals surface area contributed by atoms with E-state index in [0.29, 0.717) is 6.54 Å². The molecule has 1 unspecified atom stereocenters. The molecule has 1 heterocycles. The van der Waals surface area contributed by atoms with Gasteiger partial charge in [0, 0.05) is 16.3 Å². The predicted molar refractivity (Wildman–Crippen MR) is 88.7 cm³/mol. The zero-order chi connectivity index (χ0) is 14.8. The van der Waals surface area contributed by atoms with Crippen LogP contribution in [0.4, 0.5) is 11.4 Å². The highest BCUT2D eigenvalue weighted by Gasteiger charge is 2.27. The minimum Gasteiger partial charge on any atom is -0.468 e. The van der Waals surface area contributed by atoms with Gasteiger partial charge in [-0.3, -0.25) is 4.79 Å². The van der Waals surface area contributed by atoms with E-state index < -0.39 is 0 Å². The third-order valence-electron chi connectivity index (χ3n) is 3.33. The summed E-state index contributed by atoms with van der Waals surface area (Å²) in [6.45, 7) is 0.529. The van der Waals surface area contributed by atoms with Crippen molar-refractivity contribution < 1.29 is 9.53 Å². The Balaban J connectivity index is 2.00. The van der Waals surface area contributed by atoms with Crippen LogP contribution in [0.5, 0.6) is 0 Å². The summed E-state index contributed by atoms with van der Waals surface area (Å²) in [4.78, 5) is 15.9. The van der Waals surface area contributed by atoms with Crippen LogP contribution >= 0.6 is 27.7 Å². The molecule has 1 atom stereocenters. The molecule has 0 bridgehead atoms. The van der Waals surface area contributed by atoms with Crippen molar-refractivity contribution in [2.75, 3.05) is 18.6 Å². The maximum absolute atomic E-state index is 11.7. The van der Waals surface area contributed by atoms with Gasteiger partial charge in [0.1, 0.15) is 4.83 Å². The summed E-state index contributed by atoms with van der Waals surface area (Å²) < 4.78 is 4.81. The van der Waals surface area contributed by atoms with E-state index in [9.17, 15) is 4.79 Å². The molecular weight excluding hydrogens is 350 g/mol. The molecule has 0 aromatic heterocycles. The van der Waals surface area contributed by atoms with Crippen molar-refractivity contribution in [3.63, 3.8) is 0 Å². The number of alkyl halides is 1. The Bertz CT molecular complexity index is 631. The Morgan fingerprint density at radius 1 is 1.14 bits per heavy atom. The van der Waals surface area contributed by atoms with Gasteiger partial charge in [-0.25, -0.2) is 0 Å². The second-order valence-corrected chi connectivity index (χ2v) is 6.83. The van der Waals surface area contributed by atoms with Gasteiger partial charge in [-0.05, 0) is 24.3 Å². The number of anilines is 2. The molecule has 0 amide bonds. The zero-order valence-corrected chi connectivity index (χ0v) is 13.9. The van der Waals surface area contributed by atoms with Crippen molar-refractivity contribution in [2.45, 2.75) is 14.6 Å². The zero-order valence-electron chi connectivity index (χ0n) is 11.5. The lowest BCUT2D eigenvalue weighted by atomic mass is 10.2. The van der Waals surface area contributed by atoms with Crippen LogP contribution in [-0.2, 0) is 9.53 Å². The number of halogens is 1. The average molecular weight is 364 g/mol. The number of rotatable bonds is 3. The number of hydrogen-bond donors (Lipinski definition) is 0. The standard InChI is InChI=1S/C16H14BrNO2S/c1-20-16(19)11(17)10-18-12-6-2-4-8-14(12)21-15-9-5-3-7-13(15)18/h2-9,11H,10H2,1H3. The molecule has 0 saturated carbocycles. The lowest BCUT2D eigenvalue weighted by Gasteiger charge is -2.33. The van der Waals surface area contributed by atoms with Crippen molar-refractivity contribution in [3.05, 3.63) is 48.5 Å². The smallest absolute Gasteiger partial charge is 0.321 e. The predicted octanol–water partition coefficient (Wildman–Crippen LogP) is 4.23. The summed E-state index contributed by atoms with van der Waals surface area (Å²) >= 11 is 5.17. The molecule has 3 rings (SSSR count). The van der Waals surface area contributed by atoms with E-state index in [1.165, 1.54) is 16.9 Å². The number of hydrogen-bond acceptors (Lipinski definition) is 4. The number of benzene rings is 2. The highest BCUT2D eigenvalue weighted by molar-refractivity contribution is 9.10. The number of fused-ring (bicyclic) bond motifs is 2. The summed E-state index contributed by atoms with van der Waals surface area (Å²) in [5, 5.41) is 0. The van der Waals surface area contributed by atoms with Crippen molar-refractivity contribution in [3.8, 4) is 0 Å². The van der Waals surface area contributed by atoms with E-state index in [2.05, 4.69) is 45.1 Å². The maximum Gasteiger partial charge on any atom is 0.321 e. The Labute approximate surface area is 136 Å². The van der Waals surface area contributed by atoms with E-state index >= 15 is 0 Å². The molecule has 1 aliphatic heterocycles. The van der Waals surface area contributed by atoms with Crippen LogP contribution in [0.25, 0.3) is 0 Å². The van der Waals surface area contributed by atoms with Gasteiger partial charge < -0.3 is 9.64 Å². The molecule has 0 spiro atoms. The van der Waals surface area contributed by atoms with Gasteiger partial charge in [-0.2, -0.15) is 0 Å². The van der Waals surface area contributed by atoms with Crippen LogP contribution in [-0.4, -0.2) is 24.5 Å². The Morgan fingerprint density at radius 3 is 2.19 bits per heavy atom. The number of methoxy groups -OCH3 is 1. The fourth-order valence-corrected chi connectivity index (χ4v) is 3.91. The average Bonchev–Trinajstić information content (AvgIpc) is 2.53. The molecule has 1 aliphatic rings. The number of esters is 1. The third-order valence-corrected chi connectivity index (χ3v) is 5.13. The van der Waals surface area contributed by atoms with Gasteiger partial charge >= 0.3 is 5.97 Å². The number of carbonyl (C=O) groups is 1. The van der Waals surface area contributed by atoms with Crippen molar-refractivity contribution in [1.82, 2.24) is 0 Å². The fourth-order valence-electron chi connectivity index (χ4n) is 2.34. The molecule has 0 aliphatic carbocycles. The second-order valence-electron chi connectivity index (χ2n) is 4.64. The monoisotopic (exact) mass is 363 g/mol. The van der Waals surface area contributed by atoms with Gasteiger partial charge in [0.2, 0.25) is 0 Å². The Hall–Kier alpha value is -1.46. The number of ether oxygens (including phenoxy) is 1. The molecular formula is C16H14BrNO2S. The first-order valence-corrected chi connectivity index (χ1v) is 8.29. The normalized spacial score (nSPS) is 14.1. The van der Waals surface area contributed by atoms with Crippen LogP contribution in [0.1, 0.15) is 0 Å². The Kier molecular flexibility index (Phi) is 4.22. The van der Waals surface area contributed by atoms with Gasteiger partial charge in [0.05, 0.1) is 18.5 Å². The molecule has 21 heavy (non-hydrogen) atoms. The SMILES string of the molecule is COC(=O)C(Br)CN1c2ccccc2Sc2ccccc21.